The quantitative estimate of drug-likeness (QED) is 0.207. The highest BCUT2D eigenvalue weighted by molar-refractivity contribution is 5.65. The summed E-state index contributed by atoms with van der Waals surface area (Å²) in [5, 5.41) is 13.4. The van der Waals surface area contributed by atoms with Crippen molar-refractivity contribution in [2.45, 2.75) is 92.7 Å². The van der Waals surface area contributed by atoms with Gasteiger partial charge in [-0.3, -0.25) is 0 Å². The fourth-order valence-corrected chi connectivity index (χ4v) is 11.6. The van der Waals surface area contributed by atoms with E-state index in [1.54, 1.807) is 14.2 Å². The van der Waals surface area contributed by atoms with Gasteiger partial charge in [0, 0.05) is 28.9 Å². The zero-order chi connectivity index (χ0) is 38.6. The van der Waals surface area contributed by atoms with Crippen LogP contribution in [0.15, 0.2) is 91.0 Å². The maximum atomic E-state index is 13.5. The van der Waals surface area contributed by atoms with E-state index in [2.05, 4.69) is 13.5 Å². The third kappa shape index (κ3) is 4.93. The molecule has 7 fully saturated rings. The topological polar surface area (TPSA) is 130 Å². The van der Waals surface area contributed by atoms with Crippen molar-refractivity contribution in [2.75, 3.05) is 27.4 Å². The summed E-state index contributed by atoms with van der Waals surface area (Å²) in [6.07, 6.45) is -4.49. The van der Waals surface area contributed by atoms with Crippen molar-refractivity contribution in [3.8, 4) is 11.5 Å². The molecule has 2 bridgehead atoms. The normalized spacial score (nSPS) is 42.9. The molecule has 5 saturated heterocycles. The average Bonchev–Trinajstić information content (AvgIpc) is 3.83. The molecule has 14 atom stereocenters. The van der Waals surface area contributed by atoms with E-state index in [9.17, 15) is 9.90 Å². The van der Waals surface area contributed by atoms with Crippen LogP contribution in [0.2, 0.25) is 0 Å². The second-order valence-corrected chi connectivity index (χ2v) is 16.7. The molecule has 56 heavy (non-hydrogen) atoms. The summed E-state index contributed by atoms with van der Waals surface area (Å²) >= 11 is 0. The van der Waals surface area contributed by atoms with Crippen molar-refractivity contribution >= 4 is 6.16 Å². The lowest BCUT2D eigenvalue weighted by atomic mass is 9.52. The van der Waals surface area contributed by atoms with E-state index in [0.717, 1.165) is 16.7 Å². The van der Waals surface area contributed by atoms with Gasteiger partial charge in [0.2, 0.25) is 0 Å². The Kier molecular flexibility index (Phi) is 8.44. The summed E-state index contributed by atoms with van der Waals surface area (Å²) in [7, 11) is 3.24. The first-order chi connectivity index (χ1) is 27.1. The van der Waals surface area contributed by atoms with Crippen LogP contribution in [-0.2, 0) is 44.5 Å². The third-order valence-corrected chi connectivity index (χ3v) is 13.9. The molecule has 0 radical (unpaired) electrons. The molecule has 2 saturated carbocycles. The van der Waals surface area contributed by atoms with Crippen LogP contribution in [0.3, 0.4) is 0 Å². The molecule has 12 nitrogen and oxygen atoms in total. The highest BCUT2D eigenvalue weighted by Gasteiger charge is 2.88. The van der Waals surface area contributed by atoms with Crippen LogP contribution >= 0.6 is 0 Å². The van der Waals surface area contributed by atoms with Crippen LogP contribution in [0.25, 0.3) is 0 Å². The third-order valence-electron chi connectivity index (χ3n) is 13.9. The van der Waals surface area contributed by atoms with E-state index in [1.165, 1.54) is 0 Å². The van der Waals surface area contributed by atoms with Crippen molar-refractivity contribution < 1.29 is 57.3 Å². The van der Waals surface area contributed by atoms with Crippen LogP contribution in [0.5, 0.6) is 11.5 Å². The van der Waals surface area contributed by atoms with Gasteiger partial charge in [0.15, 0.2) is 24.3 Å². The van der Waals surface area contributed by atoms with Gasteiger partial charge in [-0.05, 0) is 61.1 Å². The predicted molar refractivity (Wildman–Crippen MR) is 197 cm³/mol. The number of methoxy groups -OCH3 is 2. The number of benzene rings is 3. The van der Waals surface area contributed by atoms with Crippen LogP contribution in [0, 0.1) is 23.7 Å². The Morgan fingerprint density at radius 2 is 1.52 bits per heavy atom. The summed E-state index contributed by atoms with van der Waals surface area (Å²) in [4.78, 5) is 13.5. The molecular formula is C44H48O12. The van der Waals surface area contributed by atoms with Gasteiger partial charge >= 0.3 is 6.16 Å². The van der Waals surface area contributed by atoms with Crippen LogP contribution in [0.4, 0.5) is 4.79 Å². The predicted octanol–water partition coefficient (Wildman–Crippen LogP) is 6.21. The van der Waals surface area contributed by atoms with E-state index in [1.807, 2.05) is 85.8 Å². The summed E-state index contributed by atoms with van der Waals surface area (Å²) in [6, 6.07) is 24.9. The Labute approximate surface area is 325 Å². The van der Waals surface area contributed by atoms with Crippen LogP contribution < -0.4 is 9.47 Å². The molecule has 1 N–H and O–H groups in total. The lowest BCUT2D eigenvalue weighted by Crippen LogP contribution is -2.80. The van der Waals surface area contributed by atoms with Crippen molar-refractivity contribution in [3.63, 3.8) is 0 Å². The van der Waals surface area contributed by atoms with E-state index in [4.69, 9.17) is 47.4 Å². The van der Waals surface area contributed by atoms with Gasteiger partial charge in [0.1, 0.15) is 34.9 Å². The number of fused-ring (bicyclic) bond motifs is 1. The Morgan fingerprint density at radius 3 is 2.16 bits per heavy atom. The second kappa shape index (κ2) is 13.0. The molecular weight excluding hydrogens is 720 g/mol. The van der Waals surface area contributed by atoms with E-state index in [0.29, 0.717) is 29.9 Å². The van der Waals surface area contributed by atoms with E-state index < -0.39 is 83.3 Å². The molecule has 3 aromatic carbocycles. The zero-order valence-electron chi connectivity index (χ0n) is 32.0. The fourth-order valence-electron chi connectivity index (χ4n) is 11.6. The van der Waals surface area contributed by atoms with Crippen molar-refractivity contribution in [1.82, 2.24) is 0 Å². The Bertz CT molecular complexity index is 1990. The maximum absolute atomic E-state index is 13.5. The first-order valence-electron chi connectivity index (χ1n) is 19.5. The minimum absolute atomic E-state index is 0.103. The number of hydrogen-bond donors (Lipinski definition) is 1. The number of rotatable bonds is 8. The largest absolute Gasteiger partial charge is 0.509 e. The smallest absolute Gasteiger partial charge is 0.497 e. The van der Waals surface area contributed by atoms with Gasteiger partial charge in [-0.15, -0.1) is 0 Å². The molecule has 5 heterocycles. The fraction of sp³-hybridized carbons (Fsp3) is 0.523. The first-order valence-corrected chi connectivity index (χ1v) is 19.5. The summed E-state index contributed by atoms with van der Waals surface area (Å²) < 4.78 is 65.5. The summed E-state index contributed by atoms with van der Waals surface area (Å²) in [5.74, 6) is -0.151. The molecule has 3 aromatic rings. The number of carbonyl (C=O) groups is 1. The second-order valence-electron chi connectivity index (χ2n) is 16.7. The summed E-state index contributed by atoms with van der Waals surface area (Å²) in [5.41, 5.74) is -2.12. The molecule has 2 aliphatic carbocycles. The average molecular weight is 769 g/mol. The molecule has 10 rings (SSSR count). The monoisotopic (exact) mass is 768 g/mol. The number of carbonyl (C=O) groups excluding carboxylic acids is 1. The van der Waals surface area contributed by atoms with Crippen molar-refractivity contribution in [3.05, 3.63) is 108 Å². The summed E-state index contributed by atoms with van der Waals surface area (Å²) in [6.45, 7) is 8.82. The molecule has 3 spiro atoms. The molecule has 5 aliphatic heterocycles. The van der Waals surface area contributed by atoms with Crippen molar-refractivity contribution in [1.29, 1.82) is 0 Å². The van der Waals surface area contributed by atoms with E-state index >= 15 is 0 Å². The number of hydrogen-bond acceptors (Lipinski definition) is 12. The Hall–Kier alpha value is -4.01. The van der Waals surface area contributed by atoms with Gasteiger partial charge in [-0.2, -0.15) is 0 Å². The number of ether oxygens (including phenoxy) is 10. The molecule has 12 heteroatoms. The molecule has 296 valence electrons. The molecule has 7 aliphatic rings. The highest BCUT2D eigenvalue weighted by atomic mass is 16.8. The Morgan fingerprint density at radius 1 is 0.857 bits per heavy atom. The maximum Gasteiger partial charge on any atom is 0.509 e. The van der Waals surface area contributed by atoms with Gasteiger partial charge in [-0.25, -0.2) is 4.79 Å². The lowest BCUT2D eigenvalue weighted by molar-refractivity contribution is -0.413. The minimum atomic E-state index is -1.68. The lowest BCUT2D eigenvalue weighted by Gasteiger charge is -2.65. The molecule has 0 amide bonds. The standard InChI is InChI=1S/C44H48O12/c1-24(2)42(46)35(49-21-26-9-7-6-8-10-26)31-20-41-23-51-38(28-13-17-30(48-5)18-14-28)54-39(41)44-33(19-25(3)34(44)53-40(45)55-44)43(31,56-41)32-22-50-37(52-36(32)42)27-11-15-29(47-4)16-12-27/h6-18,25,31-39,46H,1,19-23H2,2-5H3/t25-,31-,32+,33-,34-,35+,36+,37+,38+,39+,41+,42-,43-,44+/m0/s1. The van der Waals surface area contributed by atoms with Crippen LogP contribution in [-0.4, -0.2) is 85.5 Å². The van der Waals surface area contributed by atoms with Crippen LogP contribution in [0.1, 0.15) is 56.0 Å². The Balaban J connectivity index is 1.12. The van der Waals surface area contributed by atoms with Gasteiger partial charge in [-0.1, -0.05) is 68.1 Å². The zero-order valence-corrected chi connectivity index (χ0v) is 32.0. The van der Waals surface area contributed by atoms with Gasteiger partial charge < -0.3 is 52.5 Å². The van der Waals surface area contributed by atoms with Gasteiger partial charge in [0.25, 0.3) is 0 Å². The molecule has 0 unspecified atom stereocenters. The first kappa shape index (κ1) is 36.3. The molecule has 0 aromatic heterocycles. The van der Waals surface area contributed by atoms with Gasteiger partial charge in [0.05, 0.1) is 45.7 Å². The van der Waals surface area contributed by atoms with E-state index in [-0.39, 0.29) is 25.7 Å². The SMILES string of the molecule is C=C(C)[C@@]1(O)[C@@H]2O[C@H](c3ccc(OC)cc3)OC[C@H]2[C@]23O[C@@]4(CO[C@@H](c5ccc(OC)cc5)O[C@H]4[C@]45OC(=O)O[C@H]4[C@@H](C)C[C@@H]25)C[C@H]3[C@H]1OCc1ccccc1. The van der Waals surface area contributed by atoms with Crippen molar-refractivity contribution in [2.24, 2.45) is 23.7 Å². The minimum Gasteiger partial charge on any atom is -0.497 e. The highest BCUT2D eigenvalue weighted by Crippen LogP contribution is 2.74. The number of aliphatic hydroxyl groups is 1.